The van der Waals surface area contributed by atoms with E-state index in [1.54, 1.807) is 29.6 Å². The molecule has 6 nitrogen and oxygen atoms in total. The summed E-state index contributed by atoms with van der Waals surface area (Å²) in [5.41, 5.74) is 7.78. The Morgan fingerprint density at radius 3 is 2.77 bits per heavy atom. The number of esters is 1. The van der Waals surface area contributed by atoms with Crippen LogP contribution in [0.15, 0.2) is 53.9 Å². The first kappa shape index (κ1) is 17.9. The van der Waals surface area contributed by atoms with Crippen LogP contribution >= 0.6 is 22.9 Å². The van der Waals surface area contributed by atoms with E-state index in [1.807, 2.05) is 18.2 Å². The molecule has 1 amide bonds. The summed E-state index contributed by atoms with van der Waals surface area (Å²) in [7, 11) is 0. The molecule has 132 valence electrons. The SMILES string of the molecule is Nc1cccc(C(=O)OCC(=O)Nc2nc(-c3ccccc3Cl)cs2)c1. The Balaban J connectivity index is 1.57. The van der Waals surface area contributed by atoms with Crippen LogP contribution in [0, 0.1) is 0 Å². The fourth-order valence-electron chi connectivity index (χ4n) is 2.16. The molecule has 1 aromatic heterocycles. The van der Waals surface area contributed by atoms with Crippen molar-refractivity contribution in [1.82, 2.24) is 4.98 Å². The van der Waals surface area contributed by atoms with E-state index in [2.05, 4.69) is 10.3 Å². The zero-order valence-electron chi connectivity index (χ0n) is 13.4. The van der Waals surface area contributed by atoms with Crippen LogP contribution in [0.4, 0.5) is 10.8 Å². The van der Waals surface area contributed by atoms with Gasteiger partial charge in [-0.2, -0.15) is 0 Å². The number of hydrogen-bond donors (Lipinski definition) is 2. The lowest BCUT2D eigenvalue weighted by atomic mass is 10.2. The molecule has 0 spiro atoms. The molecule has 1 heterocycles. The van der Waals surface area contributed by atoms with Gasteiger partial charge >= 0.3 is 5.97 Å². The van der Waals surface area contributed by atoms with E-state index in [1.165, 1.54) is 17.4 Å². The van der Waals surface area contributed by atoms with E-state index in [0.29, 0.717) is 21.5 Å². The number of halogens is 1. The van der Waals surface area contributed by atoms with Crippen LogP contribution in [0.25, 0.3) is 11.3 Å². The summed E-state index contributed by atoms with van der Waals surface area (Å²) >= 11 is 7.39. The lowest BCUT2D eigenvalue weighted by molar-refractivity contribution is -0.119. The molecular weight excluding hydrogens is 374 g/mol. The number of carbonyl (C=O) groups is 2. The van der Waals surface area contributed by atoms with Gasteiger partial charge in [-0.25, -0.2) is 9.78 Å². The summed E-state index contributed by atoms with van der Waals surface area (Å²) in [6.45, 7) is -0.422. The number of aromatic nitrogens is 1. The molecule has 0 fully saturated rings. The normalized spacial score (nSPS) is 10.3. The predicted octanol–water partition coefficient (Wildman–Crippen LogP) is 3.84. The van der Waals surface area contributed by atoms with Crippen molar-refractivity contribution in [2.75, 3.05) is 17.7 Å². The number of hydrogen-bond acceptors (Lipinski definition) is 6. The monoisotopic (exact) mass is 387 g/mol. The van der Waals surface area contributed by atoms with E-state index in [0.717, 1.165) is 5.56 Å². The smallest absolute Gasteiger partial charge is 0.338 e. The van der Waals surface area contributed by atoms with E-state index < -0.39 is 18.5 Å². The molecule has 0 aliphatic carbocycles. The van der Waals surface area contributed by atoms with Gasteiger partial charge in [0.1, 0.15) is 0 Å². The first-order chi connectivity index (χ1) is 12.5. The molecule has 8 heteroatoms. The van der Waals surface area contributed by atoms with Gasteiger partial charge in [0, 0.05) is 21.7 Å². The van der Waals surface area contributed by atoms with Crippen LogP contribution in [0.5, 0.6) is 0 Å². The van der Waals surface area contributed by atoms with Crippen molar-refractivity contribution in [3.8, 4) is 11.3 Å². The highest BCUT2D eigenvalue weighted by Crippen LogP contribution is 2.30. The lowest BCUT2D eigenvalue weighted by Gasteiger charge is -2.05. The van der Waals surface area contributed by atoms with Crippen molar-refractivity contribution < 1.29 is 14.3 Å². The van der Waals surface area contributed by atoms with Gasteiger partial charge in [-0.3, -0.25) is 10.1 Å². The summed E-state index contributed by atoms with van der Waals surface area (Å²) in [6.07, 6.45) is 0. The molecule has 0 aliphatic rings. The van der Waals surface area contributed by atoms with Crippen molar-refractivity contribution >= 4 is 45.6 Å². The van der Waals surface area contributed by atoms with Crippen molar-refractivity contribution in [1.29, 1.82) is 0 Å². The number of thiazole rings is 1. The third kappa shape index (κ3) is 4.38. The first-order valence-electron chi connectivity index (χ1n) is 7.56. The van der Waals surface area contributed by atoms with Gasteiger partial charge in [0.05, 0.1) is 11.3 Å². The Hall–Kier alpha value is -2.90. The quantitative estimate of drug-likeness (QED) is 0.512. The molecule has 0 unspecified atom stereocenters. The molecule has 0 radical (unpaired) electrons. The van der Waals surface area contributed by atoms with E-state index in [4.69, 9.17) is 22.1 Å². The van der Waals surface area contributed by atoms with Crippen LogP contribution in [0.2, 0.25) is 5.02 Å². The average Bonchev–Trinajstić information content (AvgIpc) is 3.08. The summed E-state index contributed by atoms with van der Waals surface area (Å²) in [5, 5.41) is 5.35. The van der Waals surface area contributed by atoms with E-state index in [9.17, 15) is 9.59 Å². The second-order valence-electron chi connectivity index (χ2n) is 5.27. The Morgan fingerprint density at radius 2 is 2.00 bits per heavy atom. The van der Waals surface area contributed by atoms with Crippen LogP contribution < -0.4 is 11.1 Å². The number of anilines is 2. The summed E-state index contributed by atoms with van der Waals surface area (Å²) in [4.78, 5) is 28.2. The fourth-order valence-corrected chi connectivity index (χ4v) is 3.12. The highest BCUT2D eigenvalue weighted by atomic mass is 35.5. The third-order valence-corrected chi connectivity index (χ3v) is 4.44. The first-order valence-corrected chi connectivity index (χ1v) is 8.81. The van der Waals surface area contributed by atoms with E-state index >= 15 is 0 Å². The lowest BCUT2D eigenvalue weighted by Crippen LogP contribution is -2.20. The number of benzene rings is 2. The second kappa shape index (κ2) is 7.99. The molecule has 0 aliphatic heterocycles. The molecule has 0 bridgehead atoms. The number of ether oxygens (including phenoxy) is 1. The number of nitrogens with zero attached hydrogens (tertiary/aromatic N) is 1. The van der Waals surface area contributed by atoms with Crippen molar-refractivity contribution in [2.24, 2.45) is 0 Å². The Kier molecular flexibility index (Phi) is 5.50. The highest BCUT2D eigenvalue weighted by Gasteiger charge is 2.13. The average molecular weight is 388 g/mol. The summed E-state index contributed by atoms with van der Waals surface area (Å²) < 4.78 is 4.98. The topological polar surface area (TPSA) is 94.3 Å². The number of nitrogens with one attached hydrogen (secondary N) is 1. The largest absolute Gasteiger partial charge is 0.452 e. The van der Waals surface area contributed by atoms with Gasteiger partial charge in [-0.05, 0) is 24.3 Å². The molecular formula is C18H14ClN3O3S. The number of carbonyl (C=O) groups excluding carboxylic acids is 2. The standard InChI is InChI=1S/C18H14ClN3O3S/c19-14-7-2-1-6-13(14)15-10-26-18(21-15)22-16(23)9-25-17(24)11-4-3-5-12(20)8-11/h1-8,10H,9,20H2,(H,21,22,23). The minimum atomic E-state index is -0.622. The fraction of sp³-hybridized carbons (Fsp3) is 0.0556. The van der Waals surface area contributed by atoms with Crippen LogP contribution in [-0.2, 0) is 9.53 Å². The van der Waals surface area contributed by atoms with Crippen LogP contribution in [0.1, 0.15) is 10.4 Å². The zero-order valence-corrected chi connectivity index (χ0v) is 15.0. The maximum atomic E-state index is 12.0. The zero-order chi connectivity index (χ0) is 18.5. The molecule has 3 rings (SSSR count). The van der Waals surface area contributed by atoms with Crippen LogP contribution in [-0.4, -0.2) is 23.5 Å². The summed E-state index contributed by atoms with van der Waals surface area (Å²) in [6, 6.07) is 13.6. The molecule has 26 heavy (non-hydrogen) atoms. The van der Waals surface area contributed by atoms with Gasteiger partial charge in [0.2, 0.25) is 0 Å². The molecule has 0 atom stereocenters. The van der Waals surface area contributed by atoms with Gasteiger partial charge in [0.25, 0.3) is 5.91 Å². The Bertz CT molecular complexity index is 958. The number of nitrogen functional groups attached to an aromatic ring is 1. The predicted molar refractivity (Wildman–Crippen MR) is 102 cm³/mol. The van der Waals surface area contributed by atoms with Crippen molar-refractivity contribution in [3.63, 3.8) is 0 Å². The van der Waals surface area contributed by atoms with Crippen molar-refractivity contribution in [3.05, 3.63) is 64.5 Å². The van der Waals surface area contributed by atoms with Gasteiger partial charge in [-0.1, -0.05) is 35.9 Å². The van der Waals surface area contributed by atoms with Gasteiger partial charge in [0.15, 0.2) is 11.7 Å². The van der Waals surface area contributed by atoms with Gasteiger partial charge < -0.3 is 10.5 Å². The van der Waals surface area contributed by atoms with Crippen molar-refractivity contribution in [2.45, 2.75) is 0 Å². The molecule has 2 aromatic carbocycles. The number of rotatable bonds is 5. The molecule has 0 saturated carbocycles. The molecule has 3 N–H and O–H groups in total. The number of nitrogens with two attached hydrogens (primary N) is 1. The Labute approximate surface area is 158 Å². The highest BCUT2D eigenvalue weighted by molar-refractivity contribution is 7.14. The van der Waals surface area contributed by atoms with Crippen LogP contribution in [0.3, 0.4) is 0 Å². The Morgan fingerprint density at radius 1 is 1.19 bits per heavy atom. The number of amides is 1. The molecule has 0 saturated heterocycles. The van der Waals surface area contributed by atoms with E-state index in [-0.39, 0.29) is 5.56 Å². The summed E-state index contributed by atoms with van der Waals surface area (Å²) in [5.74, 6) is -1.11. The maximum Gasteiger partial charge on any atom is 0.338 e. The van der Waals surface area contributed by atoms with Gasteiger partial charge in [-0.15, -0.1) is 11.3 Å². The maximum absolute atomic E-state index is 12.0. The third-order valence-electron chi connectivity index (χ3n) is 3.36. The minimum absolute atomic E-state index is 0.285. The minimum Gasteiger partial charge on any atom is -0.452 e. The molecule has 3 aromatic rings. The second-order valence-corrected chi connectivity index (χ2v) is 6.53.